The van der Waals surface area contributed by atoms with Crippen molar-refractivity contribution in [2.45, 2.75) is 37.9 Å². The summed E-state index contributed by atoms with van der Waals surface area (Å²) in [6.45, 7) is 1.33. The van der Waals surface area contributed by atoms with Crippen molar-refractivity contribution in [1.29, 1.82) is 0 Å². The molecule has 100 valence electrons. The molecule has 2 fully saturated rings. The van der Waals surface area contributed by atoms with Gasteiger partial charge in [-0.1, -0.05) is 24.3 Å². The fourth-order valence-corrected chi connectivity index (χ4v) is 4.03. The molecule has 1 heterocycles. The minimum absolute atomic E-state index is 0.272. The largest absolute Gasteiger partial charge is 0.347 e. The van der Waals surface area contributed by atoms with Crippen LogP contribution >= 0.6 is 0 Å². The van der Waals surface area contributed by atoms with Gasteiger partial charge in [-0.25, -0.2) is 0 Å². The molecule has 3 heteroatoms. The van der Waals surface area contributed by atoms with Crippen LogP contribution in [0, 0.1) is 5.41 Å². The molecule has 1 aliphatic heterocycles. The van der Waals surface area contributed by atoms with Crippen molar-refractivity contribution in [3.8, 4) is 0 Å². The summed E-state index contributed by atoms with van der Waals surface area (Å²) in [6.07, 6.45) is 3.76. The average Bonchev–Trinajstić information content (AvgIpc) is 3.00. The lowest BCUT2D eigenvalue weighted by atomic mass is 9.68. The number of benzene rings is 1. The van der Waals surface area contributed by atoms with Crippen LogP contribution < -0.4 is 0 Å². The Kier molecular flexibility index (Phi) is 2.39. The number of hydrogen-bond donors (Lipinski definition) is 0. The fraction of sp³-hybridized carbons (Fsp3) is 0.562. The van der Waals surface area contributed by atoms with Gasteiger partial charge in [-0.3, -0.25) is 4.79 Å². The van der Waals surface area contributed by atoms with Gasteiger partial charge in [0.15, 0.2) is 5.79 Å². The van der Waals surface area contributed by atoms with Gasteiger partial charge in [0.2, 0.25) is 0 Å². The van der Waals surface area contributed by atoms with E-state index in [0.717, 1.165) is 25.7 Å². The molecular formula is C16H18O3. The second kappa shape index (κ2) is 3.90. The van der Waals surface area contributed by atoms with Crippen LogP contribution in [0.25, 0.3) is 0 Å². The Bertz CT molecular complexity index is 504. The van der Waals surface area contributed by atoms with Crippen molar-refractivity contribution >= 4 is 5.78 Å². The lowest BCUT2D eigenvalue weighted by Crippen LogP contribution is -2.48. The summed E-state index contributed by atoms with van der Waals surface area (Å²) in [4.78, 5) is 12.5. The van der Waals surface area contributed by atoms with Crippen LogP contribution in [-0.4, -0.2) is 24.8 Å². The molecule has 3 nitrogen and oxygen atoms in total. The van der Waals surface area contributed by atoms with E-state index < -0.39 is 5.79 Å². The zero-order valence-electron chi connectivity index (χ0n) is 11.0. The molecule has 1 aromatic rings. The SMILES string of the molecule is O=C1CCC2(CC13Cc1ccccc1C3)OCCO2. The van der Waals surface area contributed by atoms with Crippen LogP contribution in [-0.2, 0) is 27.1 Å². The molecule has 1 saturated carbocycles. The average molecular weight is 258 g/mol. The molecule has 0 amide bonds. The number of ether oxygens (including phenoxy) is 2. The van der Waals surface area contributed by atoms with E-state index in [4.69, 9.17) is 9.47 Å². The topological polar surface area (TPSA) is 35.5 Å². The van der Waals surface area contributed by atoms with Gasteiger partial charge in [0.25, 0.3) is 0 Å². The van der Waals surface area contributed by atoms with Crippen molar-refractivity contribution in [2.75, 3.05) is 13.2 Å². The molecule has 1 aromatic carbocycles. The number of rotatable bonds is 0. The normalized spacial score (nSPS) is 27.1. The predicted octanol–water partition coefficient (Wildman–Crippen LogP) is 2.27. The Morgan fingerprint density at radius 2 is 1.63 bits per heavy atom. The Hall–Kier alpha value is -1.19. The predicted molar refractivity (Wildman–Crippen MR) is 69.8 cm³/mol. The number of carbonyl (C=O) groups excluding carboxylic acids is 1. The van der Waals surface area contributed by atoms with E-state index in [2.05, 4.69) is 24.3 Å². The van der Waals surface area contributed by atoms with E-state index in [9.17, 15) is 4.79 Å². The summed E-state index contributed by atoms with van der Waals surface area (Å²) in [7, 11) is 0. The number of carbonyl (C=O) groups is 1. The maximum Gasteiger partial charge on any atom is 0.169 e. The van der Waals surface area contributed by atoms with Gasteiger partial charge < -0.3 is 9.47 Å². The second-order valence-corrected chi connectivity index (χ2v) is 6.11. The highest BCUT2D eigenvalue weighted by Gasteiger charge is 2.54. The molecule has 0 bridgehead atoms. The summed E-state index contributed by atoms with van der Waals surface area (Å²) < 4.78 is 11.7. The molecule has 0 N–H and O–H groups in total. The molecule has 0 unspecified atom stereocenters. The fourth-order valence-electron chi connectivity index (χ4n) is 4.03. The van der Waals surface area contributed by atoms with Crippen molar-refractivity contribution in [3.63, 3.8) is 0 Å². The van der Waals surface area contributed by atoms with Crippen molar-refractivity contribution < 1.29 is 14.3 Å². The summed E-state index contributed by atoms with van der Waals surface area (Å²) in [5, 5.41) is 0. The second-order valence-electron chi connectivity index (χ2n) is 6.11. The lowest BCUT2D eigenvalue weighted by molar-refractivity contribution is -0.201. The first-order valence-electron chi connectivity index (χ1n) is 7.10. The maximum absolute atomic E-state index is 12.5. The standard InChI is InChI=1S/C16H18O3/c17-14-5-6-16(18-7-8-19-16)11-15(14)9-12-3-1-2-4-13(12)10-15/h1-4H,5-11H2. The summed E-state index contributed by atoms with van der Waals surface area (Å²) in [6, 6.07) is 8.41. The molecule has 0 radical (unpaired) electrons. The first kappa shape index (κ1) is 11.6. The molecule has 2 spiro atoms. The van der Waals surface area contributed by atoms with Gasteiger partial charge in [0, 0.05) is 24.7 Å². The zero-order valence-corrected chi connectivity index (χ0v) is 11.0. The highest BCUT2D eigenvalue weighted by Crippen LogP contribution is 2.50. The molecule has 0 atom stereocenters. The van der Waals surface area contributed by atoms with E-state index in [1.165, 1.54) is 11.1 Å². The lowest BCUT2D eigenvalue weighted by Gasteiger charge is -2.41. The third-order valence-electron chi connectivity index (χ3n) is 4.92. The van der Waals surface area contributed by atoms with Gasteiger partial charge in [-0.15, -0.1) is 0 Å². The molecule has 19 heavy (non-hydrogen) atoms. The smallest absolute Gasteiger partial charge is 0.169 e. The number of ketones is 1. The Labute approximate surface area is 112 Å². The number of hydrogen-bond acceptors (Lipinski definition) is 3. The Balaban J connectivity index is 1.68. The first-order chi connectivity index (χ1) is 9.22. The quantitative estimate of drug-likeness (QED) is 0.716. The Morgan fingerprint density at radius 3 is 2.26 bits per heavy atom. The number of Topliss-reactive ketones (excluding diaryl/α,β-unsaturated/α-hetero) is 1. The minimum atomic E-state index is -0.476. The van der Waals surface area contributed by atoms with E-state index in [1.807, 2.05) is 0 Å². The summed E-state index contributed by atoms with van der Waals surface area (Å²) in [5.74, 6) is -0.0795. The van der Waals surface area contributed by atoms with Crippen LogP contribution in [0.3, 0.4) is 0 Å². The molecule has 3 aliphatic rings. The molecule has 1 saturated heterocycles. The van der Waals surface area contributed by atoms with Crippen LogP contribution in [0.15, 0.2) is 24.3 Å². The molecular weight excluding hydrogens is 240 g/mol. The van der Waals surface area contributed by atoms with Crippen molar-refractivity contribution in [2.24, 2.45) is 5.41 Å². The van der Waals surface area contributed by atoms with Crippen LogP contribution in [0.1, 0.15) is 30.4 Å². The van der Waals surface area contributed by atoms with Gasteiger partial charge in [-0.2, -0.15) is 0 Å². The van der Waals surface area contributed by atoms with E-state index in [0.29, 0.717) is 25.4 Å². The zero-order chi connectivity index (χ0) is 12.9. The van der Waals surface area contributed by atoms with E-state index in [1.54, 1.807) is 0 Å². The van der Waals surface area contributed by atoms with Crippen LogP contribution in [0.4, 0.5) is 0 Å². The maximum atomic E-state index is 12.5. The van der Waals surface area contributed by atoms with Gasteiger partial charge >= 0.3 is 0 Å². The van der Waals surface area contributed by atoms with Crippen molar-refractivity contribution in [1.82, 2.24) is 0 Å². The summed E-state index contributed by atoms with van der Waals surface area (Å²) >= 11 is 0. The highest BCUT2D eigenvalue weighted by atomic mass is 16.7. The number of fused-ring (bicyclic) bond motifs is 1. The monoisotopic (exact) mass is 258 g/mol. The highest BCUT2D eigenvalue weighted by molar-refractivity contribution is 5.87. The molecule has 0 aromatic heterocycles. The third-order valence-corrected chi connectivity index (χ3v) is 4.92. The van der Waals surface area contributed by atoms with Gasteiger partial charge in [0.1, 0.15) is 5.78 Å². The van der Waals surface area contributed by atoms with Gasteiger partial charge in [0.05, 0.1) is 13.2 Å². The Morgan fingerprint density at radius 1 is 1.00 bits per heavy atom. The van der Waals surface area contributed by atoms with Crippen LogP contribution in [0.5, 0.6) is 0 Å². The van der Waals surface area contributed by atoms with Crippen LogP contribution in [0.2, 0.25) is 0 Å². The van der Waals surface area contributed by atoms with Gasteiger partial charge in [-0.05, 0) is 24.0 Å². The summed E-state index contributed by atoms with van der Waals surface area (Å²) in [5.41, 5.74) is 2.38. The minimum Gasteiger partial charge on any atom is -0.347 e. The van der Waals surface area contributed by atoms with E-state index in [-0.39, 0.29) is 5.41 Å². The van der Waals surface area contributed by atoms with Crippen molar-refractivity contribution in [3.05, 3.63) is 35.4 Å². The molecule has 4 rings (SSSR count). The third kappa shape index (κ3) is 1.68. The molecule has 2 aliphatic carbocycles. The van der Waals surface area contributed by atoms with E-state index >= 15 is 0 Å². The first-order valence-corrected chi connectivity index (χ1v) is 7.10.